The molecule has 5 nitrogen and oxygen atoms in total. The summed E-state index contributed by atoms with van der Waals surface area (Å²) in [7, 11) is 1.47. The Kier molecular flexibility index (Phi) is 6.31. The number of aryl methyl sites for hydroxylation is 1. The van der Waals surface area contributed by atoms with Gasteiger partial charge in [-0.05, 0) is 29.0 Å². The van der Waals surface area contributed by atoms with Crippen molar-refractivity contribution in [2.75, 3.05) is 13.6 Å². The van der Waals surface area contributed by atoms with Crippen LogP contribution in [0.4, 0.5) is 4.79 Å². The summed E-state index contributed by atoms with van der Waals surface area (Å²) in [5, 5.41) is 9.84. The lowest BCUT2D eigenvalue weighted by atomic mass is 10.0. The zero-order valence-electron chi connectivity index (χ0n) is 13.3. The standard InChI is InChI=1S/C17H21N3O2S/c1-3-12-6-8-13(9-7-12)16(14-5-4-10-23-14)19-11-15(21)20-17(22)18-2/h4-10,16,19H,3,11H2,1-2H3,(H2,18,20,21,22)/t16-/m1/s1. The maximum absolute atomic E-state index is 11.8. The van der Waals surface area contributed by atoms with Gasteiger partial charge in [0.1, 0.15) is 0 Å². The maximum Gasteiger partial charge on any atom is 0.321 e. The molecular formula is C17H21N3O2S. The summed E-state index contributed by atoms with van der Waals surface area (Å²) in [6, 6.07) is 11.8. The summed E-state index contributed by atoms with van der Waals surface area (Å²) in [6.45, 7) is 2.18. The number of nitrogens with one attached hydrogen (secondary N) is 3. The predicted molar refractivity (Wildman–Crippen MR) is 92.6 cm³/mol. The minimum absolute atomic E-state index is 0.0610. The molecule has 1 atom stereocenters. The van der Waals surface area contributed by atoms with Gasteiger partial charge < -0.3 is 5.32 Å². The average Bonchev–Trinajstić information content (AvgIpc) is 3.09. The van der Waals surface area contributed by atoms with Crippen LogP contribution in [0.5, 0.6) is 0 Å². The Hall–Kier alpha value is -2.18. The number of benzene rings is 1. The van der Waals surface area contributed by atoms with Crippen molar-refractivity contribution in [1.29, 1.82) is 0 Å². The average molecular weight is 331 g/mol. The first-order valence-corrected chi connectivity index (χ1v) is 8.39. The monoisotopic (exact) mass is 331 g/mol. The van der Waals surface area contributed by atoms with E-state index in [1.807, 2.05) is 17.5 Å². The number of hydrogen-bond donors (Lipinski definition) is 3. The van der Waals surface area contributed by atoms with E-state index < -0.39 is 6.03 Å². The lowest BCUT2D eigenvalue weighted by molar-refractivity contribution is -0.119. The summed E-state index contributed by atoms with van der Waals surface area (Å²) in [5.41, 5.74) is 2.37. The molecule has 1 heterocycles. The SMILES string of the molecule is CCc1ccc([C@@H](NCC(=O)NC(=O)NC)c2cccs2)cc1. The Morgan fingerprint density at radius 1 is 1.17 bits per heavy atom. The van der Waals surface area contributed by atoms with Crippen molar-refractivity contribution in [3.63, 3.8) is 0 Å². The van der Waals surface area contributed by atoms with Crippen LogP contribution in [-0.2, 0) is 11.2 Å². The molecular weight excluding hydrogens is 310 g/mol. The van der Waals surface area contributed by atoms with E-state index in [1.54, 1.807) is 11.3 Å². The zero-order chi connectivity index (χ0) is 16.7. The van der Waals surface area contributed by atoms with Crippen LogP contribution < -0.4 is 16.0 Å². The molecule has 0 aliphatic carbocycles. The first kappa shape index (κ1) is 17.2. The van der Waals surface area contributed by atoms with E-state index >= 15 is 0 Å². The molecule has 0 spiro atoms. The third-order valence-electron chi connectivity index (χ3n) is 3.50. The highest BCUT2D eigenvalue weighted by molar-refractivity contribution is 7.10. The Bertz CT molecular complexity index is 638. The minimum Gasteiger partial charge on any atom is -0.341 e. The van der Waals surface area contributed by atoms with Crippen molar-refractivity contribution in [2.45, 2.75) is 19.4 Å². The molecule has 0 radical (unpaired) electrons. The van der Waals surface area contributed by atoms with E-state index in [-0.39, 0.29) is 18.5 Å². The fourth-order valence-corrected chi connectivity index (χ4v) is 3.04. The van der Waals surface area contributed by atoms with Gasteiger partial charge in [0.25, 0.3) is 0 Å². The van der Waals surface area contributed by atoms with Gasteiger partial charge in [0.05, 0.1) is 12.6 Å². The van der Waals surface area contributed by atoms with Crippen LogP contribution in [0.3, 0.4) is 0 Å². The lowest BCUT2D eigenvalue weighted by Crippen LogP contribution is -2.42. The Morgan fingerprint density at radius 3 is 2.48 bits per heavy atom. The molecule has 3 amide bonds. The molecule has 1 aromatic heterocycles. The molecule has 2 rings (SSSR count). The molecule has 0 unspecified atom stereocenters. The number of rotatable bonds is 6. The van der Waals surface area contributed by atoms with Gasteiger partial charge in [-0.25, -0.2) is 4.79 Å². The number of imide groups is 1. The molecule has 0 saturated carbocycles. The molecule has 6 heteroatoms. The van der Waals surface area contributed by atoms with Crippen molar-refractivity contribution in [1.82, 2.24) is 16.0 Å². The molecule has 23 heavy (non-hydrogen) atoms. The Balaban J connectivity index is 2.09. The second-order valence-electron chi connectivity index (χ2n) is 5.05. The van der Waals surface area contributed by atoms with Crippen LogP contribution in [0.25, 0.3) is 0 Å². The van der Waals surface area contributed by atoms with E-state index in [0.29, 0.717) is 0 Å². The third-order valence-corrected chi connectivity index (χ3v) is 4.43. The van der Waals surface area contributed by atoms with Gasteiger partial charge in [0, 0.05) is 11.9 Å². The molecule has 0 fully saturated rings. The molecule has 2 aromatic rings. The molecule has 0 aliphatic rings. The second-order valence-corrected chi connectivity index (χ2v) is 6.03. The van der Waals surface area contributed by atoms with E-state index in [2.05, 4.69) is 47.1 Å². The zero-order valence-corrected chi connectivity index (χ0v) is 14.1. The molecule has 1 aromatic carbocycles. The molecule has 0 aliphatic heterocycles. The van der Waals surface area contributed by atoms with Gasteiger partial charge in [-0.2, -0.15) is 0 Å². The van der Waals surface area contributed by atoms with E-state index in [4.69, 9.17) is 0 Å². The second kappa shape index (κ2) is 8.45. The van der Waals surface area contributed by atoms with Crippen LogP contribution in [-0.4, -0.2) is 25.5 Å². The van der Waals surface area contributed by atoms with E-state index in [1.165, 1.54) is 12.6 Å². The van der Waals surface area contributed by atoms with Gasteiger partial charge in [-0.15, -0.1) is 11.3 Å². The summed E-state index contributed by atoms with van der Waals surface area (Å²) >= 11 is 1.63. The summed E-state index contributed by atoms with van der Waals surface area (Å²) in [4.78, 5) is 24.1. The fourth-order valence-electron chi connectivity index (χ4n) is 2.21. The van der Waals surface area contributed by atoms with Crippen LogP contribution in [0.2, 0.25) is 0 Å². The van der Waals surface area contributed by atoms with Crippen molar-refractivity contribution in [3.8, 4) is 0 Å². The maximum atomic E-state index is 11.8. The van der Waals surface area contributed by atoms with Crippen LogP contribution in [0, 0.1) is 0 Å². The highest BCUT2D eigenvalue weighted by atomic mass is 32.1. The van der Waals surface area contributed by atoms with Crippen molar-refractivity contribution in [3.05, 3.63) is 57.8 Å². The van der Waals surface area contributed by atoms with Crippen molar-refractivity contribution in [2.24, 2.45) is 0 Å². The molecule has 0 saturated heterocycles. The summed E-state index contributed by atoms with van der Waals surface area (Å²) in [5.74, 6) is -0.365. The number of thiophene rings is 1. The number of urea groups is 1. The predicted octanol–water partition coefficient (Wildman–Crippen LogP) is 2.45. The first-order chi connectivity index (χ1) is 11.1. The summed E-state index contributed by atoms with van der Waals surface area (Å²) in [6.07, 6.45) is 0.992. The smallest absolute Gasteiger partial charge is 0.321 e. The summed E-state index contributed by atoms with van der Waals surface area (Å²) < 4.78 is 0. The van der Waals surface area contributed by atoms with Gasteiger partial charge >= 0.3 is 6.03 Å². The Labute approximate surface area is 140 Å². The van der Waals surface area contributed by atoms with Gasteiger partial charge in [0.2, 0.25) is 5.91 Å². The third kappa shape index (κ3) is 4.91. The quantitative estimate of drug-likeness (QED) is 0.761. The Morgan fingerprint density at radius 2 is 1.91 bits per heavy atom. The van der Waals surface area contributed by atoms with E-state index in [9.17, 15) is 9.59 Å². The minimum atomic E-state index is -0.503. The number of carbonyl (C=O) groups excluding carboxylic acids is 2. The number of hydrogen-bond acceptors (Lipinski definition) is 4. The van der Waals surface area contributed by atoms with Crippen molar-refractivity contribution < 1.29 is 9.59 Å². The van der Waals surface area contributed by atoms with Gasteiger partial charge in [-0.3, -0.25) is 15.4 Å². The van der Waals surface area contributed by atoms with Gasteiger partial charge in [0.15, 0.2) is 0 Å². The van der Waals surface area contributed by atoms with Crippen LogP contribution in [0.15, 0.2) is 41.8 Å². The fraction of sp³-hybridized carbons (Fsp3) is 0.294. The van der Waals surface area contributed by atoms with Crippen molar-refractivity contribution >= 4 is 23.3 Å². The van der Waals surface area contributed by atoms with Gasteiger partial charge in [-0.1, -0.05) is 37.3 Å². The van der Waals surface area contributed by atoms with Crippen LogP contribution in [0.1, 0.15) is 29.0 Å². The topological polar surface area (TPSA) is 70.2 Å². The largest absolute Gasteiger partial charge is 0.341 e. The van der Waals surface area contributed by atoms with E-state index in [0.717, 1.165) is 16.9 Å². The number of carbonyl (C=O) groups is 2. The normalized spacial score (nSPS) is 11.7. The molecule has 0 bridgehead atoms. The van der Waals surface area contributed by atoms with Crippen LogP contribution >= 0.6 is 11.3 Å². The lowest BCUT2D eigenvalue weighted by Gasteiger charge is -2.18. The highest BCUT2D eigenvalue weighted by Crippen LogP contribution is 2.26. The molecule has 122 valence electrons. The first-order valence-electron chi connectivity index (χ1n) is 7.51. The highest BCUT2D eigenvalue weighted by Gasteiger charge is 2.16. The number of amides is 3. The molecule has 3 N–H and O–H groups in total.